The fourth-order valence-electron chi connectivity index (χ4n) is 2.21. The minimum Gasteiger partial charge on any atom is -0.267 e. The molecule has 1 heterocycles. The van der Waals surface area contributed by atoms with Crippen LogP contribution >= 0.6 is 34.2 Å². The van der Waals surface area contributed by atoms with Crippen LogP contribution in [0.15, 0.2) is 66.3 Å². The summed E-state index contributed by atoms with van der Waals surface area (Å²) in [7, 11) is 0. The predicted molar refractivity (Wildman–Crippen MR) is 103 cm³/mol. The van der Waals surface area contributed by atoms with Gasteiger partial charge in [0.25, 0.3) is 11.8 Å². The van der Waals surface area contributed by atoms with Crippen LogP contribution in [0.2, 0.25) is 5.02 Å². The van der Waals surface area contributed by atoms with E-state index in [1.54, 1.807) is 30.4 Å². The van der Waals surface area contributed by atoms with Crippen LogP contribution in [0.3, 0.4) is 0 Å². The second-order valence-electron chi connectivity index (χ2n) is 5.02. The molecule has 1 aliphatic rings. The standard InChI is InChI=1S/C18H12ClIN2O2/c19-16-7-2-1-4-12(16)5-3-6-15-17(23)21-22(18(15)24)14-10-8-13(20)9-11-14/h1-11H,(H,21,23)/b5-3+,15-6-. The fraction of sp³-hybridized carbons (Fsp3) is 0. The second-order valence-corrected chi connectivity index (χ2v) is 6.67. The summed E-state index contributed by atoms with van der Waals surface area (Å²) in [5.41, 5.74) is 4.08. The number of nitrogens with zero attached hydrogens (tertiary/aromatic N) is 1. The number of anilines is 1. The molecule has 0 unspecified atom stereocenters. The Labute approximate surface area is 157 Å². The molecule has 2 aromatic rings. The maximum Gasteiger partial charge on any atom is 0.282 e. The van der Waals surface area contributed by atoms with Gasteiger partial charge in [0.05, 0.1) is 5.69 Å². The number of carbonyl (C=O) groups is 2. The number of halogens is 2. The first-order valence-corrected chi connectivity index (χ1v) is 8.56. The Morgan fingerprint density at radius 3 is 2.46 bits per heavy atom. The van der Waals surface area contributed by atoms with Gasteiger partial charge in [-0.2, -0.15) is 0 Å². The summed E-state index contributed by atoms with van der Waals surface area (Å²) in [4.78, 5) is 24.5. The lowest BCUT2D eigenvalue weighted by molar-refractivity contribution is -0.117. The highest BCUT2D eigenvalue weighted by atomic mass is 127. The minimum atomic E-state index is -0.428. The largest absolute Gasteiger partial charge is 0.282 e. The summed E-state index contributed by atoms with van der Waals surface area (Å²) in [6, 6.07) is 14.6. The van der Waals surface area contributed by atoms with Crippen molar-refractivity contribution in [3.05, 3.63) is 80.4 Å². The highest BCUT2D eigenvalue weighted by Gasteiger charge is 2.33. The van der Waals surface area contributed by atoms with Crippen LogP contribution < -0.4 is 10.4 Å². The molecule has 0 atom stereocenters. The zero-order valence-corrected chi connectivity index (χ0v) is 15.3. The zero-order chi connectivity index (χ0) is 17.1. The fourth-order valence-corrected chi connectivity index (χ4v) is 2.77. The second kappa shape index (κ2) is 7.19. The van der Waals surface area contributed by atoms with Crippen molar-refractivity contribution in [3.8, 4) is 0 Å². The molecule has 0 saturated carbocycles. The lowest BCUT2D eigenvalue weighted by Gasteiger charge is -2.14. The first-order valence-electron chi connectivity index (χ1n) is 7.10. The molecule has 2 aromatic carbocycles. The van der Waals surface area contributed by atoms with Crippen molar-refractivity contribution < 1.29 is 9.59 Å². The van der Waals surface area contributed by atoms with E-state index in [9.17, 15) is 9.59 Å². The Kier molecular flexibility index (Phi) is 5.01. The van der Waals surface area contributed by atoms with Crippen LogP contribution in [0, 0.1) is 3.57 Å². The molecule has 1 aliphatic heterocycles. The monoisotopic (exact) mass is 450 g/mol. The van der Waals surface area contributed by atoms with Gasteiger partial charge in [-0.05, 0) is 64.6 Å². The van der Waals surface area contributed by atoms with Crippen molar-refractivity contribution in [2.75, 3.05) is 5.01 Å². The first kappa shape index (κ1) is 16.7. The molecule has 1 saturated heterocycles. The van der Waals surface area contributed by atoms with Gasteiger partial charge >= 0.3 is 0 Å². The van der Waals surface area contributed by atoms with Gasteiger partial charge in [-0.1, -0.05) is 42.0 Å². The van der Waals surface area contributed by atoms with Gasteiger partial charge in [-0.15, -0.1) is 0 Å². The first-order chi connectivity index (χ1) is 11.6. The number of hydrogen-bond acceptors (Lipinski definition) is 2. The molecule has 0 bridgehead atoms. The average molecular weight is 451 g/mol. The van der Waals surface area contributed by atoms with E-state index in [2.05, 4.69) is 28.0 Å². The van der Waals surface area contributed by atoms with E-state index < -0.39 is 5.91 Å². The number of nitrogens with one attached hydrogen (secondary N) is 1. The van der Waals surface area contributed by atoms with E-state index in [-0.39, 0.29) is 11.5 Å². The number of allylic oxidation sites excluding steroid dienone is 2. The van der Waals surface area contributed by atoms with E-state index in [4.69, 9.17) is 11.6 Å². The Bertz CT molecular complexity index is 860. The van der Waals surface area contributed by atoms with Crippen molar-refractivity contribution in [2.45, 2.75) is 0 Å². The third-order valence-corrected chi connectivity index (χ3v) is 4.48. The van der Waals surface area contributed by atoms with Gasteiger partial charge in [0.1, 0.15) is 5.57 Å². The molecule has 120 valence electrons. The zero-order valence-electron chi connectivity index (χ0n) is 12.4. The molecule has 0 spiro atoms. The normalized spacial score (nSPS) is 16.2. The van der Waals surface area contributed by atoms with Crippen molar-refractivity contribution in [3.63, 3.8) is 0 Å². The molecule has 4 nitrogen and oxygen atoms in total. The molecular weight excluding hydrogens is 439 g/mol. The Balaban J connectivity index is 1.81. The van der Waals surface area contributed by atoms with E-state index in [0.717, 1.165) is 9.13 Å². The van der Waals surface area contributed by atoms with E-state index in [1.165, 1.54) is 11.1 Å². The SMILES string of the molecule is O=C1NN(c2ccc(I)cc2)C(=O)/C1=C\C=C\c1ccccc1Cl. The molecule has 1 fully saturated rings. The Morgan fingerprint density at radius 2 is 1.75 bits per heavy atom. The maximum absolute atomic E-state index is 12.4. The quantitative estimate of drug-likeness (QED) is 0.437. The molecule has 0 aliphatic carbocycles. The van der Waals surface area contributed by atoms with E-state index >= 15 is 0 Å². The summed E-state index contributed by atoms with van der Waals surface area (Å²) >= 11 is 8.24. The van der Waals surface area contributed by atoms with Gasteiger partial charge in [0.15, 0.2) is 0 Å². The number of hydrazine groups is 1. The highest BCUT2D eigenvalue weighted by molar-refractivity contribution is 14.1. The van der Waals surface area contributed by atoms with Crippen molar-refractivity contribution in [2.24, 2.45) is 0 Å². The van der Waals surface area contributed by atoms with Crippen molar-refractivity contribution in [1.82, 2.24) is 5.43 Å². The van der Waals surface area contributed by atoms with Gasteiger partial charge in [0.2, 0.25) is 0 Å². The highest BCUT2D eigenvalue weighted by Crippen LogP contribution is 2.21. The lowest BCUT2D eigenvalue weighted by Crippen LogP contribution is -2.35. The molecule has 1 N–H and O–H groups in total. The number of benzene rings is 2. The molecule has 6 heteroatoms. The summed E-state index contributed by atoms with van der Waals surface area (Å²) < 4.78 is 1.05. The van der Waals surface area contributed by atoms with Crippen LogP contribution in [0.5, 0.6) is 0 Å². The Morgan fingerprint density at radius 1 is 1.04 bits per heavy atom. The summed E-state index contributed by atoms with van der Waals surface area (Å²) in [5, 5.41) is 1.85. The van der Waals surface area contributed by atoms with Gasteiger partial charge in [-0.25, -0.2) is 5.01 Å². The topological polar surface area (TPSA) is 49.4 Å². The van der Waals surface area contributed by atoms with Crippen LogP contribution in [-0.2, 0) is 9.59 Å². The number of hydrogen-bond donors (Lipinski definition) is 1. The third kappa shape index (κ3) is 3.52. The summed E-state index contributed by atoms with van der Waals surface area (Å²) in [6.45, 7) is 0. The van der Waals surface area contributed by atoms with Crippen LogP contribution in [0.4, 0.5) is 5.69 Å². The molecule has 0 aromatic heterocycles. The Hall–Kier alpha value is -2.12. The number of rotatable bonds is 3. The van der Waals surface area contributed by atoms with Crippen LogP contribution in [0.1, 0.15) is 5.56 Å². The van der Waals surface area contributed by atoms with Crippen LogP contribution in [-0.4, -0.2) is 11.8 Å². The van der Waals surface area contributed by atoms with Gasteiger partial charge in [0, 0.05) is 8.59 Å². The average Bonchev–Trinajstić information content (AvgIpc) is 2.85. The predicted octanol–water partition coefficient (Wildman–Crippen LogP) is 3.96. The van der Waals surface area contributed by atoms with Gasteiger partial charge in [-0.3, -0.25) is 15.0 Å². The maximum atomic E-state index is 12.4. The minimum absolute atomic E-state index is 0.0804. The molecule has 0 radical (unpaired) electrons. The van der Waals surface area contributed by atoms with E-state index in [0.29, 0.717) is 10.7 Å². The lowest BCUT2D eigenvalue weighted by atomic mass is 10.2. The van der Waals surface area contributed by atoms with Crippen molar-refractivity contribution in [1.29, 1.82) is 0 Å². The molecule has 3 rings (SSSR count). The van der Waals surface area contributed by atoms with Gasteiger partial charge < -0.3 is 0 Å². The molecule has 2 amide bonds. The van der Waals surface area contributed by atoms with E-state index in [1.807, 2.05) is 30.3 Å². The number of carbonyl (C=O) groups excluding carboxylic acids is 2. The molecular formula is C18H12ClIN2O2. The number of amides is 2. The smallest absolute Gasteiger partial charge is 0.267 e. The van der Waals surface area contributed by atoms with Crippen LogP contribution in [0.25, 0.3) is 6.08 Å². The summed E-state index contributed by atoms with van der Waals surface area (Å²) in [5.74, 6) is -0.813. The molecule has 24 heavy (non-hydrogen) atoms. The van der Waals surface area contributed by atoms with Crippen molar-refractivity contribution >= 4 is 57.8 Å². The third-order valence-electron chi connectivity index (χ3n) is 3.42. The summed E-state index contributed by atoms with van der Waals surface area (Å²) in [6.07, 6.45) is 4.89.